The summed E-state index contributed by atoms with van der Waals surface area (Å²) in [5, 5.41) is 6.34. The normalized spacial score (nSPS) is 35.2. The van der Waals surface area contributed by atoms with Crippen LogP contribution in [0.1, 0.15) is 56.8 Å². The summed E-state index contributed by atoms with van der Waals surface area (Å²) in [6.45, 7) is 7.61. The number of benzene rings is 1. The van der Waals surface area contributed by atoms with E-state index < -0.39 is 0 Å². The summed E-state index contributed by atoms with van der Waals surface area (Å²) in [4.78, 5) is 24.2. The Morgan fingerprint density at radius 3 is 2.68 bits per heavy atom. The van der Waals surface area contributed by atoms with E-state index in [1.807, 2.05) is 30.3 Å². The van der Waals surface area contributed by atoms with Crippen LogP contribution in [-0.2, 0) is 9.53 Å². The smallest absolute Gasteiger partial charge is 0.251 e. The van der Waals surface area contributed by atoms with Crippen LogP contribution in [0, 0.1) is 22.7 Å². The summed E-state index contributed by atoms with van der Waals surface area (Å²) in [5.41, 5.74) is 0.966. The summed E-state index contributed by atoms with van der Waals surface area (Å²) in [7, 11) is 0. The molecule has 1 spiro atoms. The molecule has 3 aliphatic rings. The number of ether oxygens (including phenoxy) is 1. The van der Waals surface area contributed by atoms with E-state index in [4.69, 9.17) is 4.74 Å². The minimum atomic E-state index is -0.0312. The minimum absolute atomic E-state index is 0.0312. The van der Waals surface area contributed by atoms with E-state index in [1.54, 1.807) is 6.92 Å². The van der Waals surface area contributed by atoms with Crippen molar-refractivity contribution >= 4 is 11.8 Å². The van der Waals surface area contributed by atoms with Crippen LogP contribution in [0.3, 0.4) is 0 Å². The molecule has 2 saturated carbocycles. The van der Waals surface area contributed by atoms with Crippen LogP contribution < -0.4 is 10.6 Å². The van der Waals surface area contributed by atoms with Gasteiger partial charge in [0, 0.05) is 31.7 Å². The maximum Gasteiger partial charge on any atom is 0.251 e. The monoisotopic (exact) mass is 384 g/mol. The van der Waals surface area contributed by atoms with Crippen molar-refractivity contribution in [2.75, 3.05) is 13.2 Å². The van der Waals surface area contributed by atoms with Gasteiger partial charge in [0.1, 0.15) is 0 Å². The fraction of sp³-hybridized carbons (Fsp3) is 0.652. The number of carbonyl (C=O) groups excluding carboxylic acids is 2. The first-order valence-electron chi connectivity index (χ1n) is 10.6. The van der Waals surface area contributed by atoms with Crippen molar-refractivity contribution < 1.29 is 14.3 Å². The van der Waals surface area contributed by atoms with Crippen LogP contribution in [0.5, 0.6) is 0 Å². The zero-order chi connectivity index (χ0) is 19.9. The Hall–Kier alpha value is -1.88. The molecule has 1 saturated heterocycles. The van der Waals surface area contributed by atoms with Gasteiger partial charge >= 0.3 is 0 Å². The van der Waals surface area contributed by atoms with Crippen LogP contribution in [0.25, 0.3) is 0 Å². The van der Waals surface area contributed by atoms with Gasteiger partial charge in [-0.15, -0.1) is 0 Å². The van der Waals surface area contributed by atoms with Gasteiger partial charge in [-0.25, -0.2) is 0 Å². The molecule has 2 aliphatic carbocycles. The van der Waals surface area contributed by atoms with Crippen molar-refractivity contribution in [3.63, 3.8) is 0 Å². The predicted octanol–water partition coefficient (Wildman–Crippen LogP) is 3.15. The molecule has 5 nitrogen and oxygen atoms in total. The molecule has 2 amide bonds. The van der Waals surface area contributed by atoms with Gasteiger partial charge in [-0.3, -0.25) is 9.59 Å². The molecule has 1 aliphatic heterocycles. The number of fused-ring (bicyclic) bond motifs is 1. The van der Waals surface area contributed by atoms with Gasteiger partial charge in [0.2, 0.25) is 5.91 Å². The maximum absolute atomic E-state index is 12.3. The zero-order valence-electron chi connectivity index (χ0n) is 17.2. The lowest BCUT2D eigenvalue weighted by molar-refractivity contribution is -0.135. The predicted molar refractivity (Wildman–Crippen MR) is 108 cm³/mol. The van der Waals surface area contributed by atoms with E-state index >= 15 is 0 Å². The molecular weight excluding hydrogens is 352 g/mol. The van der Waals surface area contributed by atoms with Gasteiger partial charge in [0.05, 0.1) is 6.10 Å². The third-order valence-electron chi connectivity index (χ3n) is 7.72. The second-order valence-electron chi connectivity index (χ2n) is 9.50. The van der Waals surface area contributed by atoms with Crippen molar-refractivity contribution in [1.82, 2.24) is 10.6 Å². The molecule has 2 N–H and O–H groups in total. The molecule has 0 radical (unpaired) electrons. The maximum atomic E-state index is 12.3. The molecule has 5 heteroatoms. The van der Waals surface area contributed by atoms with E-state index in [0.29, 0.717) is 23.9 Å². The number of carbonyl (C=O) groups is 2. The van der Waals surface area contributed by atoms with Crippen molar-refractivity contribution in [3.05, 3.63) is 35.9 Å². The van der Waals surface area contributed by atoms with Crippen LogP contribution >= 0.6 is 0 Å². The minimum Gasteiger partial charge on any atom is -0.378 e. The SMILES string of the molecule is CC(=O)N[C@H]1C(C)(C)[C@@H]2C[C@@H]3[C@@H](CCNC(=O)c4ccccc4)OCC[C@@]31C2. The molecule has 0 unspecified atom stereocenters. The van der Waals surface area contributed by atoms with Crippen LogP contribution in [-0.4, -0.2) is 37.1 Å². The summed E-state index contributed by atoms with van der Waals surface area (Å²) in [6, 6.07) is 9.54. The molecule has 2 bridgehead atoms. The van der Waals surface area contributed by atoms with Gasteiger partial charge in [-0.05, 0) is 60.5 Å². The molecule has 1 aromatic rings. The summed E-state index contributed by atoms with van der Waals surface area (Å²) < 4.78 is 6.18. The Morgan fingerprint density at radius 2 is 1.96 bits per heavy atom. The number of rotatable bonds is 5. The second-order valence-corrected chi connectivity index (χ2v) is 9.50. The van der Waals surface area contributed by atoms with Gasteiger partial charge < -0.3 is 15.4 Å². The highest BCUT2D eigenvalue weighted by molar-refractivity contribution is 5.94. The highest BCUT2D eigenvalue weighted by Gasteiger charge is 2.68. The fourth-order valence-corrected chi connectivity index (χ4v) is 6.42. The highest BCUT2D eigenvalue weighted by Crippen LogP contribution is 2.68. The summed E-state index contributed by atoms with van der Waals surface area (Å²) >= 11 is 0. The molecule has 1 aromatic carbocycles. The highest BCUT2D eigenvalue weighted by atomic mass is 16.5. The largest absolute Gasteiger partial charge is 0.378 e. The van der Waals surface area contributed by atoms with E-state index in [-0.39, 0.29) is 34.8 Å². The first-order valence-corrected chi connectivity index (χ1v) is 10.6. The fourth-order valence-electron chi connectivity index (χ4n) is 6.42. The Labute approximate surface area is 167 Å². The second kappa shape index (κ2) is 7.18. The standard InChI is InChI=1S/C23H32N2O3/c1-15(26)25-21-22(2,3)17-13-18-19(28-12-10-23(18,21)14-17)9-11-24-20(27)16-7-5-4-6-8-16/h4-8,17-19,21H,9-14H2,1-3H3,(H,24,27)(H,25,26)/t17-,18-,19-,21+,23-/m1/s1. The van der Waals surface area contributed by atoms with Crippen molar-refractivity contribution in [2.24, 2.45) is 22.7 Å². The average molecular weight is 385 g/mol. The van der Waals surface area contributed by atoms with Gasteiger partial charge in [0.15, 0.2) is 0 Å². The topological polar surface area (TPSA) is 67.4 Å². The molecule has 28 heavy (non-hydrogen) atoms. The molecule has 5 atom stereocenters. The number of amides is 2. The lowest BCUT2D eigenvalue weighted by atomic mass is 9.59. The third kappa shape index (κ3) is 3.14. The molecule has 152 valence electrons. The van der Waals surface area contributed by atoms with Gasteiger partial charge in [-0.1, -0.05) is 32.0 Å². The lowest BCUT2D eigenvalue weighted by Gasteiger charge is -2.53. The first-order chi connectivity index (χ1) is 13.3. The van der Waals surface area contributed by atoms with Crippen LogP contribution in [0.4, 0.5) is 0 Å². The summed E-state index contributed by atoms with van der Waals surface area (Å²) in [5.74, 6) is 1.12. The van der Waals surface area contributed by atoms with Gasteiger partial charge in [0.25, 0.3) is 5.91 Å². The Morgan fingerprint density at radius 1 is 1.21 bits per heavy atom. The van der Waals surface area contributed by atoms with Gasteiger partial charge in [-0.2, -0.15) is 0 Å². The zero-order valence-corrected chi connectivity index (χ0v) is 17.2. The number of hydrogen-bond donors (Lipinski definition) is 2. The van der Waals surface area contributed by atoms with E-state index in [2.05, 4.69) is 24.5 Å². The van der Waals surface area contributed by atoms with Crippen molar-refractivity contribution in [1.29, 1.82) is 0 Å². The van der Waals surface area contributed by atoms with Crippen molar-refractivity contribution in [2.45, 2.75) is 58.6 Å². The Bertz CT molecular complexity index is 747. The number of hydrogen-bond acceptors (Lipinski definition) is 3. The van der Waals surface area contributed by atoms with Crippen molar-refractivity contribution in [3.8, 4) is 0 Å². The molecule has 1 heterocycles. The Kier molecular flexibility index (Phi) is 4.98. The summed E-state index contributed by atoms with van der Waals surface area (Å²) in [6.07, 6.45) is 4.36. The molecule has 4 rings (SSSR count). The van der Waals surface area contributed by atoms with E-state index in [1.165, 1.54) is 12.8 Å². The number of nitrogens with one attached hydrogen (secondary N) is 2. The Balaban J connectivity index is 1.42. The molecular formula is C23H32N2O3. The average Bonchev–Trinajstić information content (AvgIpc) is 3.16. The lowest BCUT2D eigenvalue weighted by Crippen LogP contribution is -2.60. The van der Waals surface area contributed by atoms with E-state index in [0.717, 1.165) is 19.4 Å². The first kappa shape index (κ1) is 19.4. The van der Waals surface area contributed by atoms with Crippen LogP contribution in [0.15, 0.2) is 30.3 Å². The quantitative estimate of drug-likeness (QED) is 0.819. The molecule has 3 fully saturated rings. The van der Waals surface area contributed by atoms with E-state index in [9.17, 15) is 9.59 Å². The molecule has 0 aromatic heterocycles. The third-order valence-corrected chi connectivity index (χ3v) is 7.72. The van der Waals surface area contributed by atoms with Crippen LogP contribution in [0.2, 0.25) is 0 Å².